The van der Waals surface area contributed by atoms with Crippen LogP contribution in [0.2, 0.25) is 0 Å². The molecule has 6 heteroatoms. The zero-order valence-electron chi connectivity index (χ0n) is 29.3. The number of benzene rings is 2. The molecule has 2 aliphatic carbocycles. The number of aldehydes is 1. The number of Topliss-reactive ketones (excluding diaryl/α,β-unsaturated/α-hetero) is 1. The maximum atomic E-state index is 11.4. The van der Waals surface area contributed by atoms with Crippen LogP contribution in [-0.2, 0) is 0 Å². The van der Waals surface area contributed by atoms with Gasteiger partial charge in [0.25, 0.3) is 0 Å². The summed E-state index contributed by atoms with van der Waals surface area (Å²) in [5.74, 6) is 3.39. The summed E-state index contributed by atoms with van der Waals surface area (Å²) in [7, 11) is 0. The number of hydrogen-bond donors (Lipinski definition) is 0. The monoisotopic (exact) mass is 636 g/mol. The summed E-state index contributed by atoms with van der Waals surface area (Å²) in [5, 5.41) is 2.03. The van der Waals surface area contributed by atoms with Gasteiger partial charge in [0.2, 0.25) is 0 Å². The second-order valence-electron chi connectivity index (χ2n) is 15.7. The summed E-state index contributed by atoms with van der Waals surface area (Å²) in [6, 6.07) is 19.2. The van der Waals surface area contributed by atoms with Crippen molar-refractivity contribution < 1.29 is 19.1 Å². The summed E-state index contributed by atoms with van der Waals surface area (Å²) in [4.78, 5) is 30.9. The fourth-order valence-electron chi connectivity index (χ4n) is 7.11. The van der Waals surface area contributed by atoms with E-state index in [0.29, 0.717) is 34.4 Å². The summed E-state index contributed by atoms with van der Waals surface area (Å²) in [5.41, 5.74) is 3.44. The van der Waals surface area contributed by atoms with Gasteiger partial charge in [0, 0.05) is 17.7 Å². The Kier molecular flexibility index (Phi) is 10.7. The third-order valence-electron chi connectivity index (χ3n) is 10.2. The fraction of sp³-hybridized carbons (Fsp3) is 0.512. The first-order valence-electron chi connectivity index (χ1n) is 17.4. The van der Waals surface area contributed by atoms with E-state index in [0.717, 1.165) is 77.1 Å². The Labute approximate surface area is 280 Å². The van der Waals surface area contributed by atoms with Crippen LogP contribution in [-0.4, -0.2) is 34.2 Å². The standard InChI is InChI=1S/C21H27NO2.C20H25NO2/c1-14(23)19-11-5-15-13-18(10-12-20(15)22-19)24-17-8-6-16(7-9-17)21(2,3)4;1-20(2,3)15-5-8-17(9-6-15)23-18-10-11-19-14(12-18)4-7-16(13-22)21-19/h5,10-13,16-17H,6-9H2,1-4H3;4,7,10-13,15,17H,5-6,8-9H2,1-3H3. The second-order valence-corrected chi connectivity index (χ2v) is 15.7. The average molecular weight is 637 g/mol. The number of ether oxygens (including phenoxy) is 2. The lowest BCUT2D eigenvalue weighted by molar-refractivity contribution is 0.0881. The molecule has 0 bridgehead atoms. The van der Waals surface area contributed by atoms with Gasteiger partial charge in [-0.15, -0.1) is 0 Å². The molecule has 47 heavy (non-hydrogen) atoms. The maximum absolute atomic E-state index is 11.4. The lowest BCUT2D eigenvalue weighted by Crippen LogP contribution is -2.30. The van der Waals surface area contributed by atoms with Gasteiger partial charge >= 0.3 is 0 Å². The third kappa shape index (κ3) is 9.18. The van der Waals surface area contributed by atoms with Gasteiger partial charge < -0.3 is 9.47 Å². The van der Waals surface area contributed by atoms with Crippen LogP contribution in [0.5, 0.6) is 11.5 Å². The molecule has 0 spiro atoms. The van der Waals surface area contributed by atoms with Gasteiger partial charge in [-0.05, 0) is 123 Å². The number of aromatic nitrogens is 2. The minimum Gasteiger partial charge on any atom is -0.490 e. The first kappa shape index (κ1) is 34.5. The van der Waals surface area contributed by atoms with Crippen molar-refractivity contribution in [1.82, 2.24) is 9.97 Å². The first-order chi connectivity index (χ1) is 22.3. The van der Waals surface area contributed by atoms with Crippen LogP contribution in [0, 0.1) is 22.7 Å². The second kappa shape index (κ2) is 14.5. The molecule has 4 aromatic rings. The van der Waals surface area contributed by atoms with E-state index in [-0.39, 0.29) is 5.78 Å². The number of nitrogens with zero attached hydrogens (tertiary/aromatic N) is 2. The van der Waals surface area contributed by atoms with Gasteiger partial charge in [-0.3, -0.25) is 9.59 Å². The first-order valence-corrected chi connectivity index (χ1v) is 17.4. The predicted octanol–water partition coefficient (Wildman–Crippen LogP) is 10.5. The van der Waals surface area contributed by atoms with Crippen LogP contribution in [0.25, 0.3) is 21.8 Å². The van der Waals surface area contributed by atoms with Crippen molar-refractivity contribution in [2.24, 2.45) is 22.7 Å². The Morgan fingerprint density at radius 1 is 0.638 bits per heavy atom. The van der Waals surface area contributed by atoms with Crippen LogP contribution in [0.15, 0.2) is 60.7 Å². The number of hydrogen-bond acceptors (Lipinski definition) is 6. The van der Waals surface area contributed by atoms with E-state index in [1.165, 1.54) is 25.7 Å². The van der Waals surface area contributed by atoms with E-state index in [1.54, 1.807) is 19.1 Å². The van der Waals surface area contributed by atoms with Crippen molar-refractivity contribution in [3.05, 3.63) is 72.1 Å². The van der Waals surface area contributed by atoms with Gasteiger partial charge in [-0.25, -0.2) is 9.97 Å². The predicted molar refractivity (Wildman–Crippen MR) is 191 cm³/mol. The average Bonchev–Trinajstić information content (AvgIpc) is 3.04. The summed E-state index contributed by atoms with van der Waals surface area (Å²) < 4.78 is 12.4. The highest BCUT2D eigenvalue weighted by atomic mass is 16.5. The van der Waals surface area contributed by atoms with Crippen molar-refractivity contribution in [2.45, 2.75) is 112 Å². The van der Waals surface area contributed by atoms with Gasteiger partial charge in [0.1, 0.15) is 22.9 Å². The summed E-state index contributed by atoms with van der Waals surface area (Å²) >= 11 is 0. The van der Waals surface area contributed by atoms with E-state index in [9.17, 15) is 9.59 Å². The smallest absolute Gasteiger partial charge is 0.178 e. The lowest BCUT2D eigenvalue weighted by atomic mass is 9.72. The molecule has 0 saturated heterocycles. The van der Waals surface area contributed by atoms with Crippen LogP contribution in [0.1, 0.15) is 121 Å². The highest BCUT2D eigenvalue weighted by molar-refractivity contribution is 5.94. The Hall–Kier alpha value is -3.80. The molecule has 0 N–H and O–H groups in total. The van der Waals surface area contributed by atoms with E-state index < -0.39 is 0 Å². The zero-order valence-corrected chi connectivity index (χ0v) is 29.3. The largest absolute Gasteiger partial charge is 0.490 e. The van der Waals surface area contributed by atoms with E-state index in [2.05, 4.69) is 51.5 Å². The molecule has 0 radical (unpaired) electrons. The lowest BCUT2D eigenvalue weighted by Gasteiger charge is -2.37. The molecule has 2 saturated carbocycles. The number of carbonyl (C=O) groups excluding carboxylic acids is 2. The van der Waals surface area contributed by atoms with Crippen molar-refractivity contribution in [3.63, 3.8) is 0 Å². The molecule has 2 aromatic carbocycles. The van der Waals surface area contributed by atoms with Gasteiger partial charge in [0.05, 0.1) is 23.2 Å². The zero-order chi connectivity index (χ0) is 33.8. The van der Waals surface area contributed by atoms with Crippen molar-refractivity contribution in [2.75, 3.05) is 0 Å². The fourth-order valence-corrected chi connectivity index (χ4v) is 7.11. The van der Waals surface area contributed by atoms with Crippen molar-refractivity contribution >= 4 is 33.9 Å². The summed E-state index contributed by atoms with van der Waals surface area (Å²) in [6.07, 6.45) is 10.9. The topological polar surface area (TPSA) is 78.4 Å². The Morgan fingerprint density at radius 2 is 1.09 bits per heavy atom. The minimum absolute atomic E-state index is 0.00663. The number of carbonyl (C=O) groups is 2. The number of fused-ring (bicyclic) bond motifs is 2. The molecule has 0 amide bonds. The molecule has 2 heterocycles. The molecule has 6 nitrogen and oxygen atoms in total. The van der Waals surface area contributed by atoms with Crippen LogP contribution in [0.3, 0.4) is 0 Å². The number of ketones is 1. The molecule has 0 unspecified atom stereocenters. The van der Waals surface area contributed by atoms with Crippen LogP contribution in [0.4, 0.5) is 0 Å². The molecule has 2 fully saturated rings. The number of rotatable bonds is 6. The van der Waals surface area contributed by atoms with E-state index in [4.69, 9.17) is 9.47 Å². The SMILES string of the molecule is CC(=O)c1ccc2cc(OC3CCC(C(C)(C)C)CC3)ccc2n1.CC(C)(C)C1CCC(Oc2ccc3nc(C=O)ccc3c2)CC1. The molecular formula is C41H52N2O4. The van der Waals surface area contributed by atoms with Gasteiger partial charge in [-0.1, -0.05) is 53.7 Å². The van der Waals surface area contributed by atoms with Crippen molar-refractivity contribution in [1.29, 1.82) is 0 Å². The van der Waals surface area contributed by atoms with Gasteiger partial charge in [-0.2, -0.15) is 0 Å². The highest BCUT2D eigenvalue weighted by Gasteiger charge is 2.31. The van der Waals surface area contributed by atoms with Crippen LogP contribution < -0.4 is 9.47 Å². The molecular weight excluding hydrogens is 584 g/mol. The van der Waals surface area contributed by atoms with Gasteiger partial charge in [0.15, 0.2) is 12.1 Å². The molecule has 6 rings (SSSR count). The third-order valence-corrected chi connectivity index (χ3v) is 10.2. The number of pyridine rings is 2. The molecule has 2 aromatic heterocycles. The summed E-state index contributed by atoms with van der Waals surface area (Å²) in [6.45, 7) is 15.6. The Balaban J connectivity index is 0.000000185. The Bertz CT molecular complexity index is 1680. The van der Waals surface area contributed by atoms with E-state index >= 15 is 0 Å². The Morgan fingerprint density at radius 3 is 1.51 bits per heavy atom. The normalized spacial score (nSPS) is 21.9. The highest BCUT2D eigenvalue weighted by Crippen LogP contribution is 2.40. The minimum atomic E-state index is -0.00663. The molecule has 250 valence electrons. The molecule has 0 atom stereocenters. The molecule has 0 aliphatic heterocycles. The quantitative estimate of drug-likeness (QED) is 0.155. The molecule has 2 aliphatic rings. The van der Waals surface area contributed by atoms with Crippen molar-refractivity contribution in [3.8, 4) is 11.5 Å². The maximum Gasteiger partial charge on any atom is 0.178 e. The van der Waals surface area contributed by atoms with E-state index in [1.807, 2.05) is 48.5 Å². The van der Waals surface area contributed by atoms with Crippen LogP contribution >= 0.6 is 0 Å².